The minimum Gasteiger partial charge on any atom is -0.477 e. The summed E-state index contributed by atoms with van der Waals surface area (Å²) in [7, 11) is 0. The summed E-state index contributed by atoms with van der Waals surface area (Å²) in [6.45, 7) is 5.09. The van der Waals surface area contributed by atoms with E-state index in [-0.39, 0.29) is 17.9 Å². The molecule has 1 heterocycles. The van der Waals surface area contributed by atoms with Crippen molar-refractivity contribution in [2.24, 2.45) is 0 Å². The van der Waals surface area contributed by atoms with Crippen LogP contribution in [0, 0.1) is 13.8 Å². The first kappa shape index (κ1) is 15.7. The zero-order chi connectivity index (χ0) is 16.4. The SMILES string of the molecule is CC(=O)Cn1c(-c2ccc(C)cc2C)ccc(C(=O)O)c1=O. The third kappa shape index (κ3) is 2.98. The van der Waals surface area contributed by atoms with E-state index in [0.29, 0.717) is 5.69 Å². The molecule has 0 radical (unpaired) electrons. The van der Waals surface area contributed by atoms with Gasteiger partial charge in [0.25, 0.3) is 5.56 Å². The standard InChI is InChI=1S/C17H17NO4/c1-10-4-5-13(11(2)8-10)15-7-6-14(17(21)22)16(20)18(15)9-12(3)19/h4-8H,9H2,1-3H3,(H,21,22). The lowest BCUT2D eigenvalue weighted by molar-refractivity contribution is -0.117. The maximum Gasteiger partial charge on any atom is 0.341 e. The van der Waals surface area contributed by atoms with Crippen molar-refractivity contribution >= 4 is 11.8 Å². The number of aromatic carboxylic acids is 1. The summed E-state index contributed by atoms with van der Waals surface area (Å²) >= 11 is 0. The second-order valence-corrected chi connectivity index (χ2v) is 5.35. The van der Waals surface area contributed by atoms with Crippen molar-refractivity contribution in [1.29, 1.82) is 0 Å². The molecule has 22 heavy (non-hydrogen) atoms. The van der Waals surface area contributed by atoms with Crippen molar-refractivity contribution in [1.82, 2.24) is 4.57 Å². The predicted molar refractivity (Wildman–Crippen MR) is 83.3 cm³/mol. The van der Waals surface area contributed by atoms with E-state index in [4.69, 9.17) is 5.11 Å². The quantitative estimate of drug-likeness (QED) is 0.940. The van der Waals surface area contributed by atoms with Crippen LogP contribution in [0.2, 0.25) is 0 Å². The van der Waals surface area contributed by atoms with Crippen LogP contribution in [0.25, 0.3) is 11.3 Å². The number of carboxylic acids is 1. The Balaban J connectivity index is 2.75. The van der Waals surface area contributed by atoms with Gasteiger partial charge in [-0.05, 0) is 38.5 Å². The van der Waals surface area contributed by atoms with Crippen molar-refractivity contribution in [2.75, 3.05) is 0 Å². The van der Waals surface area contributed by atoms with E-state index < -0.39 is 11.5 Å². The Bertz CT molecular complexity index is 818. The van der Waals surface area contributed by atoms with Gasteiger partial charge in [-0.15, -0.1) is 0 Å². The van der Waals surface area contributed by atoms with Crippen molar-refractivity contribution in [2.45, 2.75) is 27.3 Å². The number of ketones is 1. The summed E-state index contributed by atoms with van der Waals surface area (Å²) in [5.74, 6) is -1.51. The number of carbonyl (C=O) groups excluding carboxylic acids is 1. The van der Waals surface area contributed by atoms with E-state index in [9.17, 15) is 14.4 Å². The molecule has 0 atom stereocenters. The molecule has 0 spiro atoms. The molecule has 2 rings (SSSR count). The zero-order valence-electron chi connectivity index (χ0n) is 12.7. The lowest BCUT2D eigenvalue weighted by Gasteiger charge is -2.15. The second-order valence-electron chi connectivity index (χ2n) is 5.35. The van der Waals surface area contributed by atoms with Gasteiger partial charge in [0.15, 0.2) is 0 Å². The fourth-order valence-electron chi connectivity index (χ4n) is 2.46. The molecule has 114 valence electrons. The molecular weight excluding hydrogens is 282 g/mol. The summed E-state index contributed by atoms with van der Waals surface area (Å²) < 4.78 is 1.23. The molecular formula is C17H17NO4. The van der Waals surface area contributed by atoms with Gasteiger partial charge in [-0.2, -0.15) is 0 Å². The fourth-order valence-corrected chi connectivity index (χ4v) is 2.46. The van der Waals surface area contributed by atoms with E-state index in [0.717, 1.165) is 16.7 Å². The molecule has 2 aromatic rings. The monoisotopic (exact) mass is 299 g/mol. The molecule has 5 nitrogen and oxygen atoms in total. The Morgan fingerprint density at radius 3 is 2.36 bits per heavy atom. The number of carbonyl (C=O) groups is 2. The predicted octanol–water partition coefficient (Wildman–Crippen LogP) is 2.42. The average Bonchev–Trinajstić information content (AvgIpc) is 2.40. The maximum absolute atomic E-state index is 12.3. The first-order chi connectivity index (χ1) is 10.3. The van der Waals surface area contributed by atoms with Gasteiger partial charge < -0.3 is 9.67 Å². The van der Waals surface area contributed by atoms with Gasteiger partial charge in [-0.3, -0.25) is 9.59 Å². The number of aryl methyl sites for hydroxylation is 2. The van der Waals surface area contributed by atoms with Crippen LogP contribution in [0.4, 0.5) is 0 Å². The number of hydrogen-bond acceptors (Lipinski definition) is 3. The van der Waals surface area contributed by atoms with Crippen molar-refractivity contribution in [3.05, 3.63) is 57.4 Å². The highest BCUT2D eigenvalue weighted by molar-refractivity contribution is 5.88. The van der Waals surface area contributed by atoms with Crippen LogP contribution < -0.4 is 5.56 Å². The van der Waals surface area contributed by atoms with Crippen LogP contribution in [0.15, 0.2) is 35.1 Å². The molecule has 5 heteroatoms. The summed E-state index contributed by atoms with van der Waals surface area (Å²) in [5.41, 5.74) is 2.39. The van der Waals surface area contributed by atoms with Crippen molar-refractivity contribution in [3.63, 3.8) is 0 Å². The normalized spacial score (nSPS) is 10.5. The molecule has 0 unspecified atom stereocenters. The Morgan fingerprint density at radius 1 is 1.14 bits per heavy atom. The van der Waals surface area contributed by atoms with E-state index in [2.05, 4.69) is 0 Å². The van der Waals surface area contributed by atoms with Gasteiger partial charge in [0.2, 0.25) is 0 Å². The third-order valence-electron chi connectivity index (χ3n) is 3.44. The molecule has 0 fully saturated rings. The molecule has 1 aromatic heterocycles. The average molecular weight is 299 g/mol. The van der Waals surface area contributed by atoms with E-state index in [1.165, 1.54) is 17.6 Å². The maximum atomic E-state index is 12.3. The Morgan fingerprint density at radius 2 is 1.82 bits per heavy atom. The second kappa shape index (κ2) is 5.97. The summed E-state index contributed by atoms with van der Waals surface area (Å²) in [6.07, 6.45) is 0. The minimum atomic E-state index is -1.30. The zero-order valence-corrected chi connectivity index (χ0v) is 12.7. The van der Waals surface area contributed by atoms with Crippen LogP contribution in [0.3, 0.4) is 0 Å². The highest BCUT2D eigenvalue weighted by atomic mass is 16.4. The van der Waals surface area contributed by atoms with Gasteiger partial charge in [-0.1, -0.05) is 23.8 Å². The van der Waals surface area contributed by atoms with E-state index >= 15 is 0 Å². The summed E-state index contributed by atoms with van der Waals surface area (Å²) in [6, 6.07) is 8.62. The number of pyridine rings is 1. The number of rotatable bonds is 4. The van der Waals surface area contributed by atoms with Crippen LogP contribution in [-0.2, 0) is 11.3 Å². The van der Waals surface area contributed by atoms with Gasteiger partial charge in [0.1, 0.15) is 11.3 Å². The Labute approximate surface area is 127 Å². The molecule has 0 saturated heterocycles. The molecule has 0 aliphatic heterocycles. The Hall–Kier alpha value is -2.69. The van der Waals surface area contributed by atoms with Gasteiger partial charge in [0, 0.05) is 5.56 Å². The largest absolute Gasteiger partial charge is 0.477 e. The first-order valence-corrected chi connectivity index (χ1v) is 6.85. The van der Waals surface area contributed by atoms with E-state index in [1.54, 1.807) is 6.07 Å². The minimum absolute atomic E-state index is 0.150. The fraction of sp³-hybridized carbons (Fsp3) is 0.235. The smallest absolute Gasteiger partial charge is 0.341 e. The number of nitrogens with zero attached hydrogens (tertiary/aromatic N) is 1. The third-order valence-corrected chi connectivity index (χ3v) is 3.44. The number of carboxylic acid groups (broad SMARTS) is 1. The molecule has 1 aromatic carbocycles. The number of benzene rings is 1. The molecule has 0 aliphatic rings. The topological polar surface area (TPSA) is 76.4 Å². The van der Waals surface area contributed by atoms with Crippen molar-refractivity contribution in [3.8, 4) is 11.3 Å². The highest BCUT2D eigenvalue weighted by Crippen LogP contribution is 2.23. The summed E-state index contributed by atoms with van der Waals surface area (Å²) in [4.78, 5) is 34.9. The van der Waals surface area contributed by atoms with Gasteiger partial charge >= 0.3 is 5.97 Å². The van der Waals surface area contributed by atoms with Gasteiger partial charge in [-0.25, -0.2) is 4.79 Å². The Kier molecular flexibility index (Phi) is 4.26. The first-order valence-electron chi connectivity index (χ1n) is 6.85. The number of hydrogen-bond donors (Lipinski definition) is 1. The highest BCUT2D eigenvalue weighted by Gasteiger charge is 2.17. The van der Waals surface area contributed by atoms with Crippen LogP contribution in [-0.4, -0.2) is 21.4 Å². The van der Waals surface area contributed by atoms with Crippen LogP contribution in [0.1, 0.15) is 28.4 Å². The molecule has 0 saturated carbocycles. The van der Waals surface area contributed by atoms with Gasteiger partial charge in [0.05, 0.1) is 12.2 Å². The van der Waals surface area contributed by atoms with E-state index in [1.807, 2.05) is 32.0 Å². The molecule has 0 bridgehead atoms. The molecule has 0 amide bonds. The number of Topliss-reactive ketones (excluding diaryl/α,β-unsaturated/α-hetero) is 1. The van der Waals surface area contributed by atoms with Crippen LogP contribution in [0.5, 0.6) is 0 Å². The van der Waals surface area contributed by atoms with Crippen molar-refractivity contribution < 1.29 is 14.7 Å². The molecule has 1 N–H and O–H groups in total. The lowest BCUT2D eigenvalue weighted by Crippen LogP contribution is -2.29. The number of aromatic nitrogens is 1. The summed E-state index contributed by atoms with van der Waals surface area (Å²) in [5, 5.41) is 9.08. The molecule has 0 aliphatic carbocycles. The lowest BCUT2D eigenvalue weighted by atomic mass is 10.0. The van der Waals surface area contributed by atoms with Crippen LogP contribution >= 0.6 is 0 Å².